The van der Waals surface area contributed by atoms with Gasteiger partial charge in [-0.15, -0.1) is 0 Å². The number of nitrogens with two attached hydrogens (primary N) is 1. The second-order valence-electron chi connectivity index (χ2n) is 4.88. The lowest BCUT2D eigenvalue weighted by molar-refractivity contribution is -0.145. The Morgan fingerprint density at radius 3 is 2.50 bits per heavy atom. The van der Waals surface area contributed by atoms with Crippen LogP contribution in [-0.2, 0) is 9.63 Å². The maximum atomic E-state index is 12.2. The van der Waals surface area contributed by atoms with E-state index in [9.17, 15) is 15.3 Å². The summed E-state index contributed by atoms with van der Waals surface area (Å²) in [5, 5.41) is 26.0. The third kappa shape index (κ3) is 2.24. The highest BCUT2D eigenvalue weighted by atomic mass is 79.9. The zero-order valence-electron chi connectivity index (χ0n) is 12.7. The summed E-state index contributed by atoms with van der Waals surface area (Å²) in [5.41, 5.74) is 2.71. The molecule has 0 saturated carbocycles. The molecule has 1 aliphatic rings. The Morgan fingerprint density at radius 2 is 2.14 bits per heavy atom. The van der Waals surface area contributed by atoms with Gasteiger partial charge >= 0.3 is 0 Å². The van der Waals surface area contributed by atoms with E-state index >= 15 is 0 Å². The van der Waals surface area contributed by atoms with Gasteiger partial charge in [-0.05, 0) is 35.7 Å². The topological polar surface area (TPSA) is 124 Å². The van der Waals surface area contributed by atoms with Crippen molar-refractivity contribution in [3.63, 3.8) is 0 Å². The largest absolute Gasteiger partial charge is 0.370 e. The van der Waals surface area contributed by atoms with E-state index in [1.165, 1.54) is 6.21 Å². The van der Waals surface area contributed by atoms with Crippen LogP contribution in [-0.4, -0.2) is 18.3 Å². The smallest absolute Gasteiger partial charge is 0.244 e. The molecule has 2 atom stereocenters. The van der Waals surface area contributed by atoms with Gasteiger partial charge in [-0.3, -0.25) is 4.79 Å². The van der Waals surface area contributed by atoms with Gasteiger partial charge in [0.15, 0.2) is 5.41 Å². The molecule has 1 aliphatic heterocycles. The lowest BCUT2D eigenvalue weighted by Crippen LogP contribution is -2.63. The number of oxime groups is 1. The number of amides is 1. The summed E-state index contributed by atoms with van der Waals surface area (Å²) in [4.78, 5) is 17.7. The molecule has 22 heavy (non-hydrogen) atoms. The van der Waals surface area contributed by atoms with Crippen LogP contribution >= 0.6 is 15.9 Å². The molecular weight excluding hydrogens is 350 g/mol. The standard InChI is InChI=1S/C14H18BrN5O2/c1-4-13(5-2)12(22-19-6-3)20-10(15)9(7-16)14(13,8-17)11(18)21/h6,12,20H,4-5H2,1-3H3,(H2,18,21)/b19-6-/t12-,14-/m0/s1. The minimum absolute atomic E-state index is 0.0356. The molecule has 0 aromatic rings. The van der Waals surface area contributed by atoms with E-state index in [1.807, 2.05) is 26.0 Å². The molecule has 0 spiro atoms. The second kappa shape index (κ2) is 6.80. The Morgan fingerprint density at radius 1 is 1.55 bits per heavy atom. The van der Waals surface area contributed by atoms with E-state index in [2.05, 4.69) is 26.4 Å². The second-order valence-corrected chi connectivity index (χ2v) is 5.68. The van der Waals surface area contributed by atoms with Crippen LogP contribution in [0.5, 0.6) is 0 Å². The van der Waals surface area contributed by atoms with Crippen molar-refractivity contribution in [3.05, 3.63) is 10.2 Å². The Balaban J connectivity index is 3.76. The summed E-state index contributed by atoms with van der Waals surface area (Å²) in [5.74, 6) is -0.872. The first-order valence-corrected chi connectivity index (χ1v) is 7.62. The summed E-state index contributed by atoms with van der Waals surface area (Å²) in [6.45, 7) is 5.32. The zero-order valence-corrected chi connectivity index (χ0v) is 14.3. The fraction of sp³-hybridized carbons (Fsp3) is 0.571. The van der Waals surface area contributed by atoms with Crippen molar-refractivity contribution in [1.82, 2.24) is 5.32 Å². The van der Waals surface area contributed by atoms with E-state index in [0.717, 1.165) is 0 Å². The predicted molar refractivity (Wildman–Crippen MR) is 84.0 cm³/mol. The summed E-state index contributed by atoms with van der Waals surface area (Å²) < 4.78 is 0.212. The molecular formula is C14H18BrN5O2. The maximum Gasteiger partial charge on any atom is 0.244 e. The minimum Gasteiger partial charge on any atom is -0.370 e. The molecule has 0 unspecified atom stereocenters. The molecule has 0 aliphatic carbocycles. The van der Waals surface area contributed by atoms with Crippen LogP contribution in [0.15, 0.2) is 15.3 Å². The monoisotopic (exact) mass is 367 g/mol. The Bertz CT molecular complexity index is 597. The van der Waals surface area contributed by atoms with Crippen molar-refractivity contribution in [2.24, 2.45) is 21.7 Å². The van der Waals surface area contributed by atoms with E-state index < -0.39 is 23.0 Å². The van der Waals surface area contributed by atoms with Crippen molar-refractivity contribution < 1.29 is 9.63 Å². The van der Waals surface area contributed by atoms with Crippen LogP contribution in [0.2, 0.25) is 0 Å². The van der Waals surface area contributed by atoms with Crippen molar-refractivity contribution in [1.29, 1.82) is 10.5 Å². The first-order chi connectivity index (χ1) is 10.4. The summed E-state index contributed by atoms with van der Waals surface area (Å²) in [7, 11) is 0. The van der Waals surface area contributed by atoms with Gasteiger partial charge in [0.2, 0.25) is 12.1 Å². The highest BCUT2D eigenvalue weighted by Gasteiger charge is 2.65. The Hall–Kier alpha value is -2.06. The van der Waals surface area contributed by atoms with Gasteiger partial charge < -0.3 is 15.9 Å². The number of hydrogen-bond acceptors (Lipinski definition) is 6. The lowest BCUT2D eigenvalue weighted by Gasteiger charge is -2.50. The molecule has 118 valence electrons. The number of rotatable bonds is 5. The molecule has 1 rings (SSSR count). The van der Waals surface area contributed by atoms with E-state index in [-0.39, 0.29) is 10.2 Å². The molecule has 0 fully saturated rings. The van der Waals surface area contributed by atoms with Gasteiger partial charge in [0.25, 0.3) is 0 Å². The Kier molecular flexibility index (Phi) is 5.56. The van der Waals surface area contributed by atoms with Crippen molar-refractivity contribution in [3.8, 4) is 12.1 Å². The van der Waals surface area contributed by atoms with Gasteiger partial charge in [0.05, 0.1) is 27.7 Å². The first-order valence-electron chi connectivity index (χ1n) is 6.83. The molecule has 8 heteroatoms. The highest BCUT2D eigenvalue weighted by Crippen LogP contribution is 2.55. The number of nitriles is 2. The van der Waals surface area contributed by atoms with Crippen LogP contribution < -0.4 is 11.1 Å². The molecule has 0 aromatic heterocycles. The molecule has 0 aromatic carbocycles. The zero-order chi connectivity index (χ0) is 17.0. The average molecular weight is 368 g/mol. The van der Waals surface area contributed by atoms with E-state index in [1.54, 1.807) is 6.92 Å². The predicted octanol–water partition coefficient (Wildman–Crippen LogP) is 1.87. The quantitative estimate of drug-likeness (QED) is 0.435. The first kappa shape index (κ1) is 18.0. The molecule has 0 bridgehead atoms. The minimum atomic E-state index is -1.80. The van der Waals surface area contributed by atoms with Crippen LogP contribution in [0, 0.1) is 33.5 Å². The highest BCUT2D eigenvalue weighted by molar-refractivity contribution is 9.11. The Labute approximate surface area is 137 Å². The van der Waals surface area contributed by atoms with Gasteiger partial charge in [-0.2, -0.15) is 10.5 Å². The number of primary amides is 1. The average Bonchev–Trinajstić information content (AvgIpc) is 2.51. The van der Waals surface area contributed by atoms with Crippen LogP contribution in [0.4, 0.5) is 0 Å². The summed E-state index contributed by atoms with van der Waals surface area (Å²) in [6, 6.07) is 3.92. The SMILES string of the molecule is C/C=N\O[C@@H]1NC(Br)=C(C#N)[C@@](C#N)(C(N)=O)C1(CC)CC. The third-order valence-corrected chi connectivity index (χ3v) is 4.91. The van der Waals surface area contributed by atoms with E-state index in [0.29, 0.717) is 12.8 Å². The normalized spacial score (nSPS) is 26.9. The summed E-state index contributed by atoms with van der Waals surface area (Å²) >= 11 is 3.20. The van der Waals surface area contributed by atoms with Gasteiger partial charge in [0, 0.05) is 6.21 Å². The van der Waals surface area contributed by atoms with Crippen molar-refractivity contribution >= 4 is 28.1 Å². The van der Waals surface area contributed by atoms with Gasteiger partial charge in [-0.1, -0.05) is 19.0 Å². The third-order valence-electron chi connectivity index (χ3n) is 4.28. The lowest BCUT2D eigenvalue weighted by atomic mass is 9.55. The molecule has 0 radical (unpaired) electrons. The fourth-order valence-electron chi connectivity index (χ4n) is 3.06. The van der Waals surface area contributed by atoms with Gasteiger partial charge in [-0.25, -0.2) is 0 Å². The van der Waals surface area contributed by atoms with Gasteiger partial charge in [0.1, 0.15) is 0 Å². The molecule has 1 heterocycles. The van der Waals surface area contributed by atoms with Crippen molar-refractivity contribution in [2.45, 2.75) is 39.8 Å². The summed E-state index contributed by atoms with van der Waals surface area (Å²) in [6.07, 6.45) is 1.45. The van der Waals surface area contributed by atoms with Crippen LogP contribution in [0.3, 0.4) is 0 Å². The number of hydrogen-bond donors (Lipinski definition) is 2. The number of carbonyl (C=O) groups excluding carboxylic acids is 1. The number of nitrogens with zero attached hydrogens (tertiary/aromatic N) is 3. The maximum absolute atomic E-state index is 12.2. The number of carbonyl (C=O) groups is 1. The molecule has 7 nitrogen and oxygen atoms in total. The van der Waals surface area contributed by atoms with E-state index in [4.69, 9.17) is 10.6 Å². The molecule has 0 saturated heterocycles. The number of halogens is 1. The molecule has 3 N–H and O–H groups in total. The number of nitrogens with one attached hydrogen (secondary N) is 1. The fourth-order valence-corrected chi connectivity index (χ4v) is 3.65. The van der Waals surface area contributed by atoms with Crippen molar-refractivity contribution in [2.75, 3.05) is 0 Å². The molecule has 1 amide bonds. The van der Waals surface area contributed by atoms with Crippen LogP contribution in [0.25, 0.3) is 0 Å². The van der Waals surface area contributed by atoms with Crippen LogP contribution in [0.1, 0.15) is 33.6 Å².